The highest BCUT2D eigenvalue weighted by atomic mass is 35.5. The van der Waals surface area contributed by atoms with Crippen molar-refractivity contribution < 1.29 is 0 Å². The number of halogens is 1. The molecule has 2 heterocycles. The lowest BCUT2D eigenvalue weighted by Crippen LogP contribution is -2.08. The SMILES string of the molecule is Cc1nsc2nc(=O)[nH]c(Cl)c12. The van der Waals surface area contributed by atoms with Gasteiger partial charge in [-0.3, -0.25) is 4.98 Å². The minimum absolute atomic E-state index is 0.316. The van der Waals surface area contributed by atoms with E-state index in [1.54, 1.807) is 0 Å². The Morgan fingerprint density at radius 1 is 1.58 bits per heavy atom. The molecule has 62 valence electrons. The number of aryl methyl sites for hydroxylation is 1. The normalized spacial score (nSPS) is 10.8. The fourth-order valence-electron chi connectivity index (χ4n) is 0.963. The number of fused-ring (bicyclic) bond motifs is 1. The summed E-state index contributed by atoms with van der Waals surface area (Å²) < 4.78 is 4.03. The second-order valence-electron chi connectivity index (χ2n) is 2.30. The molecule has 0 aliphatic heterocycles. The molecule has 0 spiro atoms. The molecule has 0 amide bonds. The maximum Gasteiger partial charge on any atom is 0.347 e. The van der Waals surface area contributed by atoms with Crippen LogP contribution in [0.1, 0.15) is 5.69 Å². The van der Waals surface area contributed by atoms with Crippen LogP contribution in [0.3, 0.4) is 0 Å². The van der Waals surface area contributed by atoms with Crippen molar-refractivity contribution in [3.63, 3.8) is 0 Å². The number of nitrogens with one attached hydrogen (secondary N) is 1. The van der Waals surface area contributed by atoms with Gasteiger partial charge in [0.15, 0.2) is 4.83 Å². The highest BCUT2D eigenvalue weighted by molar-refractivity contribution is 7.13. The summed E-state index contributed by atoms with van der Waals surface area (Å²) in [7, 11) is 0. The molecule has 2 aromatic heterocycles. The predicted octanol–water partition coefficient (Wildman–Crippen LogP) is 1.34. The van der Waals surface area contributed by atoms with E-state index in [0.717, 1.165) is 11.1 Å². The maximum atomic E-state index is 10.8. The fourth-order valence-corrected chi connectivity index (χ4v) is 2.11. The Hall–Kier alpha value is -0.940. The van der Waals surface area contributed by atoms with E-state index in [1.165, 1.54) is 11.5 Å². The van der Waals surface area contributed by atoms with Gasteiger partial charge < -0.3 is 0 Å². The average molecular weight is 202 g/mol. The number of rotatable bonds is 0. The number of aromatic amines is 1. The first-order valence-corrected chi connectivity index (χ1v) is 4.35. The van der Waals surface area contributed by atoms with E-state index in [0.29, 0.717) is 9.98 Å². The molecule has 0 aliphatic carbocycles. The van der Waals surface area contributed by atoms with Crippen molar-refractivity contribution >= 4 is 33.4 Å². The molecule has 0 atom stereocenters. The van der Waals surface area contributed by atoms with Crippen LogP contribution < -0.4 is 5.69 Å². The van der Waals surface area contributed by atoms with E-state index >= 15 is 0 Å². The van der Waals surface area contributed by atoms with Crippen molar-refractivity contribution in [2.24, 2.45) is 0 Å². The Kier molecular flexibility index (Phi) is 1.62. The molecule has 12 heavy (non-hydrogen) atoms. The van der Waals surface area contributed by atoms with Crippen LogP contribution in [-0.2, 0) is 0 Å². The van der Waals surface area contributed by atoms with Gasteiger partial charge in [-0.1, -0.05) is 11.6 Å². The molecule has 0 unspecified atom stereocenters. The second-order valence-corrected chi connectivity index (χ2v) is 3.43. The van der Waals surface area contributed by atoms with Crippen molar-refractivity contribution in [2.45, 2.75) is 6.92 Å². The van der Waals surface area contributed by atoms with Gasteiger partial charge in [0.1, 0.15) is 5.15 Å². The summed E-state index contributed by atoms with van der Waals surface area (Å²) >= 11 is 6.96. The summed E-state index contributed by atoms with van der Waals surface area (Å²) in [4.78, 5) is 17.5. The van der Waals surface area contributed by atoms with E-state index in [2.05, 4.69) is 14.3 Å². The lowest BCUT2D eigenvalue weighted by atomic mass is 10.3. The molecule has 4 nitrogen and oxygen atoms in total. The van der Waals surface area contributed by atoms with Gasteiger partial charge >= 0.3 is 5.69 Å². The van der Waals surface area contributed by atoms with Crippen molar-refractivity contribution in [3.8, 4) is 0 Å². The first-order valence-electron chi connectivity index (χ1n) is 3.20. The Bertz CT molecular complexity index is 489. The monoisotopic (exact) mass is 201 g/mol. The molecule has 2 aromatic rings. The molecule has 6 heteroatoms. The van der Waals surface area contributed by atoms with E-state index < -0.39 is 5.69 Å². The van der Waals surface area contributed by atoms with E-state index in [4.69, 9.17) is 11.6 Å². The topological polar surface area (TPSA) is 58.6 Å². The summed E-state index contributed by atoms with van der Waals surface area (Å²) in [5.41, 5.74) is 0.361. The van der Waals surface area contributed by atoms with Crippen LogP contribution >= 0.6 is 23.1 Å². The molecule has 2 rings (SSSR count). The van der Waals surface area contributed by atoms with Crippen molar-refractivity contribution in [1.82, 2.24) is 14.3 Å². The molecular formula is C6H4ClN3OS. The summed E-state index contributed by atoms with van der Waals surface area (Å²) in [5.74, 6) is 0. The van der Waals surface area contributed by atoms with Gasteiger partial charge in [0.2, 0.25) is 0 Å². The number of hydrogen-bond donors (Lipinski definition) is 1. The molecule has 0 saturated heterocycles. The van der Waals surface area contributed by atoms with Gasteiger partial charge in [-0.15, -0.1) is 0 Å². The van der Waals surface area contributed by atoms with Crippen molar-refractivity contribution in [2.75, 3.05) is 0 Å². The van der Waals surface area contributed by atoms with Crippen LogP contribution in [0.25, 0.3) is 10.2 Å². The van der Waals surface area contributed by atoms with Gasteiger partial charge in [0.05, 0.1) is 11.1 Å². The number of hydrogen-bond acceptors (Lipinski definition) is 4. The van der Waals surface area contributed by atoms with Gasteiger partial charge in [0.25, 0.3) is 0 Å². The molecule has 0 saturated carbocycles. The summed E-state index contributed by atoms with van der Waals surface area (Å²) in [6, 6.07) is 0. The average Bonchev–Trinajstić information content (AvgIpc) is 2.31. The molecule has 0 radical (unpaired) electrons. The Morgan fingerprint density at radius 2 is 2.33 bits per heavy atom. The first-order chi connectivity index (χ1) is 5.68. The van der Waals surface area contributed by atoms with Gasteiger partial charge in [-0.05, 0) is 18.5 Å². The van der Waals surface area contributed by atoms with E-state index in [-0.39, 0.29) is 0 Å². The molecule has 0 bridgehead atoms. The van der Waals surface area contributed by atoms with Gasteiger partial charge in [-0.2, -0.15) is 9.36 Å². The lowest BCUT2D eigenvalue weighted by Gasteiger charge is -1.91. The zero-order valence-electron chi connectivity index (χ0n) is 6.09. The minimum Gasteiger partial charge on any atom is -0.296 e. The fraction of sp³-hybridized carbons (Fsp3) is 0.167. The predicted molar refractivity (Wildman–Crippen MR) is 47.8 cm³/mol. The molecule has 0 fully saturated rings. The third-order valence-electron chi connectivity index (χ3n) is 1.48. The number of nitrogens with zero attached hydrogens (tertiary/aromatic N) is 2. The Balaban J connectivity index is 3.02. The van der Waals surface area contributed by atoms with Crippen LogP contribution in [-0.4, -0.2) is 14.3 Å². The quantitative estimate of drug-likeness (QED) is 0.655. The van der Waals surface area contributed by atoms with Crippen LogP contribution in [0.15, 0.2) is 4.79 Å². The van der Waals surface area contributed by atoms with Crippen molar-refractivity contribution in [3.05, 3.63) is 21.3 Å². The van der Waals surface area contributed by atoms with Crippen LogP contribution in [0.2, 0.25) is 5.15 Å². The zero-order chi connectivity index (χ0) is 8.72. The van der Waals surface area contributed by atoms with E-state index in [9.17, 15) is 4.79 Å². The van der Waals surface area contributed by atoms with Crippen molar-refractivity contribution in [1.29, 1.82) is 0 Å². The number of H-pyrrole nitrogens is 1. The summed E-state index contributed by atoms with van der Waals surface area (Å²) in [6.07, 6.45) is 0. The van der Waals surface area contributed by atoms with Crippen LogP contribution in [0.5, 0.6) is 0 Å². The lowest BCUT2D eigenvalue weighted by molar-refractivity contribution is 1.13. The standard InChI is InChI=1S/C6H4ClN3OS/c1-2-3-4(7)8-6(11)9-5(3)12-10-2/h1H3,(H,8,9,11). The van der Waals surface area contributed by atoms with Crippen LogP contribution in [0, 0.1) is 6.92 Å². The summed E-state index contributed by atoms with van der Waals surface area (Å²) in [6.45, 7) is 1.82. The molecule has 1 N–H and O–H groups in total. The summed E-state index contributed by atoms with van der Waals surface area (Å²) in [5, 5.41) is 1.05. The maximum absolute atomic E-state index is 10.8. The minimum atomic E-state index is -0.434. The smallest absolute Gasteiger partial charge is 0.296 e. The second kappa shape index (κ2) is 2.53. The Morgan fingerprint density at radius 3 is 3.08 bits per heavy atom. The third-order valence-corrected chi connectivity index (χ3v) is 2.60. The highest BCUT2D eigenvalue weighted by Crippen LogP contribution is 2.23. The third kappa shape index (κ3) is 1.02. The Labute approximate surface area is 76.4 Å². The van der Waals surface area contributed by atoms with Crippen LogP contribution in [0.4, 0.5) is 0 Å². The zero-order valence-corrected chi connectivity index (χ0v) is 7.66. The molecular weight excluding hydrogens is 198 g/mol. The molecule has 0 aliphatic rings. The molecule has 0 aromatic carbocycles. The number of aromatic nitrogens is 3. The largest absolute Gasteiger partial charge is 0.347 e. The highest BCUT2D eigenvalue weighted by Gasteiger charge is 2.08. The van der Waals surface area contributed by atoms with Gasteiger partial charge in [0, 0.05) is 0 Å². The van der Waals surface area contributed by atoms with E-state index in [1.807, 2.05) is 6.92 Å². The van der Waals surface area contributed by atoms with Gasteiger partial charge in [-0.25, -0.2) is 4.79 Å². The first kappa shape index (κ1) is 7.70.